The number of fused-ring (bicyclic) bond motifs is 1. The lowest BCUT2D eigenvalue weighted by molar-refractivity contribution is -0.384. The molecule has 0 bridgehead atoms. The number of nitrogens with zero attached hydrogens (tertiary/aromatic N) is 3. The molecule has 2 aromatic rings. The maximum Gasteiger partial charge on any atom is 0.410 e. The number of carbonyl (C=O) groups is 1. The van der Waals surface area contributed by atoms with E-state index in [-0.39, 0.29) is 22.1 Å². The largest absolute Gasteiger partial charge is 0.444 e. The summed E-state index contributed by atoms with van der Waals surface area (Å²) in [6.07, 6.45) is 0.695. The molecule has 1 saturated heterocycles. The van der Waals surface area contributed by atoms with Crippen molar-refractivity contribution in [2.45, 2.75) is 50.4 Å². The van der Waals surface area contributed by atoms with E-state index in [0.717, 1.165) is 0 Å². The second kappa shape index (κ2) is 7.04. The van der Waals surface area contributed by atoms with Gasteiger partial charge in [0.2, 0.25) is 15.0 Å². The average molecular weight is 410 g/mol. The van der Waals surface area contributed by atoms with Crippen LogP contribution in [0.15, 0.2) is 23.4 Å². The molecule has 0 aliphatic carbocycles. The lowest BCUT2D eigenvalue weighted by Gasteiger charge is -2.28. The highest BCUT2D eigenvalue weighted by atomic mass is 32.2. The number of aromatic nitrogens is 2. The molecule has 3 rings (SSSR count). The number of ether oxygens (including phenoxy) is 1. The van der Waals surface area contributed by atoms with Crippen LogP contribution in [0.5, 0.6) is 0 Å². The van der Waals surface area contributed by atoms with E-state index in [2.05, 4.69) is 9.97 Å². The van der Waals surface area contributed by atoms with Crippen LogP contribution in [0, 0.1) is 10.1 Å². The van der Waals surface area contributed by atoms with Crippen LogP contribution >= 0.6 is 0 Å². The first-order chi connectivity index (χ1) is 13.0. The average Bonchev–Trinajstić information content (AvgIpc) is 3.18. The Kier molecular flexibility index (Phi) is 5.04. The molecule has 1 amide bonds. The SMILES string of the molecule is CC(C)(C)OC(=O)N1CCC[C@@H]1CS(=O)(=O)c1nc2ccc([N+](=O)[O-])cc2[nH]1. The van der Waals surface area contributed by atoms with E-state index in [4.69, 9.17) is 4.74 Å². The van der Waals surface area contributed by atoms with Gasteiger partial charge in [0.1, 0.15) is 5.60 Å². The van der Waals surface area contributed by atoms with Crippen molar-refractivity contribution < 1.29 is 22.9 Å². The van der Waals surface area contributed by atoms with E-state index in [1.54, 1.807) is 20.8 Å². The van der Waals surface area contributed by atoms with Gasteiger partial charge in [0.15, 0.2) is 0 Å². The monoisotopic (exact) mass is 410 g/mol. The highest BCUT2D eigenvalue weighted by Crippen LogP contribution is 2.25. The zero-order chi connectivity index (χ0) is 20.7. The van der Waals surface area contributed by atoms with Crippen molar-refractivity contribution in [3.05, 3.63) is 28.3 Å². The van der Waals surface area contributed by atoms with E-state index in [0.29, 0.717) is 24.9 Å². The third-order valence-electron chi connectivity index (χ3n) is 4.37. The van der Waals surface area contributed by atoms with Gasteiger partial charge in [-0.2, -0.15) is 0 Å². The van der Waals surface area contributed by atoms with Gasteiger partial charge >= 0.3 is 6.09 Å². The summed E-state index contributed by atoms with van der Waals surface area (Å²) in [5.74, 6) is -0.297. The summed E-state index contributed by atoms with van der Waals surface area (Å²) < 4.78 is 31.0. The predicted octanol–water partition coefficient (Wildman–Crippen LogP) is 2.64. The van der Waals surface area contributed by atoms with Crippen molar-refractivity contribution >= 4 is 32.7 Å². The number of carbonyl (C=O) groups excluding carboxylic acids is 1. The minimum Gasteiger partial charge on any atom is -0.444 e. The molecule has 0 unspecified atom stereocenters. The molecule has 0 spiro atoms. The number of nitrogens with one attached hydrogen (secondary N) is 1. The topological polar surface area (TPSA) is 136 Å². The number of aromatic amines is 1. The molecule has 2 heterocycles. The standard InChI is InChI=1S/C17H22N4O6S/c1-17(2,3)27-16(22)20-8-4-5-12(20)10-28(25,26)15-18-13-7-6-11(21(23)24)9-14(13)19-15/h6-7,9,12H,4-5,8,10H2,1-3H3,(H,18,19)/t12-/m1/s1. The second-order valence-corrected chi connectivity index (χ2v) is 9.70. The number of hydrogen-bond acceptors (Lipinski definition) is 7. The molecule has 0 saturated carbocycles. The third kappa shape index (κ3) is 4.24. The van der Waals surface area contributed by atoms with Gasteiger partial charge in [-0.15, -0.1) is 0 Å². The fraction of sp³-hybridized carbons (Fsp3) is 0.529. The number of nitro groups is 1. The number of nitro benzene ring substituents is 1. The summed E-state index contributed by atoms with van der Waals surface area (Å²) in [6.45, 7) is 5.68. The maximum atomic E-state index is 12.8. The van der Waals surface area contributed by atoms with Crippen LogP contribution in [0.2, 0.25) is 0 Å². The van der Waals surface area contributed by atoms with Gasteiger partial charge in [0.25, 0.3) is 5.69 Å². The Morgan fingerprint density at radius 2 is 2.14 bits per heavy atom. The molecule has 10 nitrogen and oxygen atoms in total. The Hall–Kier alpha value is -2.69. The molecule has 1 aliphatic rings. The maximum absolute atomic E-state index is 12.8. The molecule has 1 aromatic carbocycles. The molecule has 0 radical (unpaired) electrons. The Morgan fingerprint density at radius 1 is 1.43 bits per heavy atom. The molecular weight excluding hydrogens is 388 g/mol. The summed E-state index contributed by atoms with van der Waals surface area (Å²) in [4.78, 5) is 30.8. The quantitative estimate of drug-likeness (QED) is 0.604. The van der Waals surface area contributed by atoms with Crippen LogP contribution in [0.3, 0.4) is 0 Å². The summed E-state index contributed by atoms with van der Waals surface area (Å²) in [6, 6.07) is 3.39. The minimum atomic E-state index is -3.83. The molecule has 11 heteroatoms. The highest BCUT2D eigenvalue weighted by molar-refractivity contribution is 7.91. The molecule has 1 aromatic heterocycles. The zero-order valence-corrected chi connectivity index (χ0v) is 16.7. The predicted molar refractivity (Wildman–Crippen MR) is 101 cm³/mol. The summed E-state index contributed by atoms with van der Waals surface area (Å²) in [5.41, 5.74) is -0.244. The van der Waals surface area contributed by atoms with Gasteiger partial charge in [-0.05, 0) is 39.7 Å². The minimum absolute atomic E-state index is 0.160. The third-order valence-corrected chi connectivity index (χ3v) is 5.97. The van der Waals surface area contributed by atoms with Crippen molar-refractivity contribution in [3.8, 4) is 0 Å². The van der Waals surface area contributed by atoms with Crippen molar-refractivity contribution in [1.82, 2.24) is 14.9 Å². The molecule has 1 N–H and O–H groups in total. The van der Waals surface area contributed by atoms with Gasteiger partial charge in [-0.25, -0.2) is 18.2 Å². The first kappa shape index (κ1) is 20.1. The molecule has 1 aliphatic heterocycles. The van der Waals surface area contributed by atoms with Crippen LogP contribution in [0.25, 0.3) is 11.0 Å². The van der Waals surface area contributed by atoms with Crippen molar-refractivity contribution in [1.29, 1.82) is 0 Å². The Bertz CT molecular complexity index is 1020. The Balaban J connectivity index is 1.82. The first-order valence-electron chi connectivity index (χ1n) is 8.83. The number of H-pyrrole nitrogens is 1. The number of likely N-dealkylation sites (tertiary alicyclic amines) is 1. The van der Waals surface area contributed by atoms with Gasteiger partial charge in [0, 0.05) is 24.7 Å². The summed E-state index contributed by atoms with van der Waals surface area (Å²) >= 11 is 0. The van der Waals surface area contributed by atoms with Gasteiger partial charge in [-0.3, -0.25) is 10.1 Å². The normalized spacial score (nSPS) is 17.8. The number of hydrogen-bond donors (Lipinski definition) is 1. The molecule has 1 atom stereocenters. The van der Waals surface area contributed by atoms with E-state index < -0.39 is 32.5 Å². The second-order valence-electron chi connectivity index (χ2n) is 7.75. The Labute approximate surface area is 161 Å². The smallest absolute Gasteiger partial charge is 0.410 e. The highest BCUT2D eigenvalue weighted by Gasteiger charge is 2.36. The summed E-state index contributed by atoms with van der Waals surface area (Å²) in [7, 11) is -3.83. The van der Waals surface area contributed by atoms with Crippen molar-refractivity contribution in [2.75, 3.05) is 12.3 Å². The van der Waals surface area contributed by atoms with Gasteiger partial charge in [-0.1, -0.05) is 0 Å². The van der Waals surface area contributed by atoms with Crippen LogP contribution < -0.4 is 0 Å². The van der Waals surface area contributed by atoms with E-state index in [1.165, 1.54) is 23.1 Å². The van der Waals surface area contributed by atoms with Crippen LogP contribution in [-0.4, -0.2) is 58.2 Å². The number of sulfone groups is 1. The number of rotatable bonds is 4. The zero-order valence-electron chi connectivity index (χ0n) is 15.8. The van der Waals surface area contributed by atoms with E-state index in [1.807, 2.05) is 0 Å². The lowest BCUT2D eigenvalue weighted by atomic mass is 10.2. The molecule has 28 heavy (non-hydrogen) atoms. The van der Waals surface area contributed by atoms with Gasteiger partial charge < -0.3 is 14.6 Å². The number of amides is 1. The number of non-ortho nitro benzene ring substituents is 1. The van der Waals surface area contributed by atoms with Gasteiger partial charge in [0.05, 0.1) is 21.7 Å². The fourth-order valence-electron chi connectivity index (χ4n) is 3.14. The van der Waals surface area contributed by atoms with Crippen LogP contribution in [-0.2, 0) is 14.6 Å². The van der Waals surface area contributed by atoms with E-state index >= 15 is 0 Å². The fourth-order valence-corrected chi connectivity index (χ4v) is 4.65. The van der Waals surface area contributed by atoms with Crippen LogP contribution in [0.1, 0.15) is 33.6 Å². The van der Waals surface area contributed by atoms with Crippen LogP contribution in [0.4, 0.5) is 10.5 Å². The summed E-state index contributed by atoms with van der Waals surface area (Å²) in [5, 5.41) is 10.6. The first-order valence-corrected chi connectivity index (χ1v) is 10.5. The van der Waals surface area contributed by atoms with Crippen molar-refractivity contribution in [3.63, 3.8) is 0 Å². The number of benzene rings is 1. The molecular formula is C17H22N4O6S. The van der Waals surface area contributed by atoms with E-state index in [9.17, 15) is 23.3 Å². The Morgan fingerprint density at radius 3 is 2.79 bits per heavy atom. The van der Waals surface area contributed by atoms with Crippen molar-refractivity contribution in [2.24, 2.45) is 0 Å². The number of imidazole rings is 1. The molecule has 1 fully saturated rings. The lowest BCUT2D eigenvalue weighted by Crippen LogP contribution is -2.42. The molecule has 152 valence electrons.